The Morgan fingerprint density at radius 1 is 0.309 bits per heavy atom. The van der Waals surface area contributed by atoms with Crippen LogP contribution in [-0.4, -0.2) is 19.1 Å². The molecule has 0 bridgehead atoms. The van der Waals surface area contributed by atoms with Gasteiger partial charge in [-0.05, 0) is 142 Å². The number of fused-ring (bicyclic) bond motifs is 8. The number of hydrogen-bond acceptors (Lipinski definition) is 2. The van der Waals surface area contributed by atoms with Gasteiger partial charge in [0.15, 0.2) is 0 Å². The Morgan fingerprint density at radius 3 is 0.882 bits per heavy atom. The molecule has 16 heteroatoms. The summed E-state index contributed by atoms with van der Waals surface area (Å²) in [5.41, 5.74) is -0.0275. The predicted molar refractivity (Wildman–Crippen MR) is 237 cm³/mol. The number of pyridine rings is 2. The maximum Gasteiger partial charge on any atom is 0.416 e. The van der Waals surface area contributed by atoms with Gasteiger partial charge in [0.1, 0.15) is 0 Å². The number of alkyl halides is 12. The van der Waals surface area contributed by atoms with Crippen molar-refractivity contribution in [2.24, 2.45) is 0 Å². The highest BCUT2D eigenvalue weighted by molar-refractivity contribution is 6.22. The van der Waals surface area contributed by atoms with Crippen LogP contribution in [0.15, 0.2) is 158 Å². The molecule has 0 amide bonds. The van der Waals surface area contributed by atoms with E-state index in [4.69, 9.17) is 0 Å². The van der Waals surface area contributed by atoms with Crippen LogP contribution < -0.4 is 0 Å². The summed E-state index contributed by atoms with van der Waals surface area (Å²) in [5.74, 6) is 0. The lowest BCUT2D eigenvalue weighted by molar-refractivity contribution is -0.138. The van der Waals surface area contributed by atoms with Crippen LogP contribution in [0.1, 0.15) is 22.3 Å². The standard InChI is InChI=1S/C52H26F12N4/c53-49(54,55)29-5-13-43-37(19-29)38-20-30(50(56,57)58)6-14-44(38)67(43)33-10-12-36-41(23-33)47(27-3-1-17-65-25-27)35-11-9-34(24-42(35)48(36)28-4-2-18-66-26-28)68-45-15-7-31(51(59,60)61)21-39(45)40-22-32(52(62,63)64)8-16-46(40)68/h1-26H. The maximum atomic E-state index is 14.1. The molecule has 4 heterocycles. The summed E-state index contributed by atoms with van der Waals surface area (Å²) in [6.07, 6.45) is -12.8. The highest BCUT2D eigenvalue weighted by atomic mass is 19.4. The zero-order valence-electron chi connectivity index (χ0n) is 34.3. The molecule has 0 radical (unpaired) electrons. The average Bonchev–Trinajstić information content (AvgIpc) is 3.81. The van der Waals surface area contributed by atoms with Crippen LogP contribution in [0, 0.1) is 0 Å². The van der Waals surface area contributed by atoms with Crippen molar-refractivity contribution >= 4 is 65.2 Å². The van der Waals surface area contributed by atoms with Crippen molar-refractivity contribution in [2.75, 3.05) is 0 Å². The molecule has 0 spiro atoms. The molecule has 0 aliphatic heterocycles. The molecular formula is C52H26F12N4. The first-order valence-electron chi connectivity index (χ1n) is 20.6. The van der Waals surface area contributed by atoms with E-state index in [9.17, 15) is 52.7 Å². The Hall–Kier alpha value is -7.88. The fourth-order valence-electron chi connectivity index (χ4n) is 9.43. The largest absolute Gasteiger partial charge is 0.416 e. The second kappa shape index (κ2) is 14.8. The molecule has 0 N–H and O–H groups in total. The van der Waals surface area contributed by atoms with Gasteiger partial charge in [-0.15, -0.1) is 0 Å². The Bertz CT molecular complexity index is 3450. The average molecular weight is 935 g/mol. The zero-order chi connectivity index (χ0) is 47.7. The van der Waals surface area contributed by atoms with Crippen molar-refractivity contribution in [3.05, 3.63) is 181 Å². The van der Waals surface area contributed by atoms with Crippen molar-refractivity contribution < 1.29 is 52.7 Å². The first-order chi connectivity index (χ1) is 32.3. The van der Waals surface area contributed by atoms with Gasteiger partial charge < -0.3 is 9.13 Å². The van der Waals surface area contributed by atoms with Crippen molar-refractivity contribution in [1.82, 2.24) is 19.1 Å². The fraction of sp³-hybridized carbons (Fsp3) is 0.0769. The normalized spacial score (nSPS) is 13.0. The summed E-state index contributed by atoms with van der Waals surface area (Å²) in [7, 11) is 0. The van der Waals surface area contributed by atoms with Gasteiger partial charge in [0.2, 0.25) is 0 Å². The topological polar surface area (TPSA) is 35.6 Å². The number of rotatable bonds is 4. The molecule has 11 aromatic rings. The van der Waals surface area contributed by atoms with Gasteiger partial charge in [-0.25, -0.2) is 0 Å². The predicted octanol–water partition coefficient (Wildman–Crippen LogP) is 16.4. The van der Waals surface area contributed by atoms with E-state index in [1.54, 1.807) is 82.5 Å². The third-order valence-corrected chi connectivity index (χ3v) is 12.3. The van der Waals surface area contributed by atoms with Crippen LogP contribution in [-0.2, 0) is 24.7 Å². The van der Waals surface area contributed by atoms with Crippen molar-refractivity contribution in [3.63, 3.8) is 0 Å². The molecule has 0 unspecified atom stereocenters. The molecule has 0 atom stereocenters. The lowest BCUT2D eigenvalue weighted by Crippen LogP contribution is -2.04. The summed E-state index contributed by atoms with van der Waals surface area (Å²) in [6, 6.07) is 29.3. The molecule has 0 saturated carbocycles. The first kappa shape index (κ1) is 42.7. The van der Waals surface area contributed by atoms with Crippen molar-refractivity contribution in [3.8, 4) is 33.6 Å². The van der Waals surface area contributed by atoms with Crippen LogP contribution in [0.25, 0.3) is 98.8 Å². The summed E-state index contributed by atoms with van der Waals surface area (Å²) < 4.78 is 172. The molecule has 4 aromatic heterocycles. The van der Waals surface area contributed by atoms with Gasteiger partial charge in [0.05, 0.1) is 44.3 Å². The summed E-state index contributed by atoms with van der Waals surface area (Å²) in [4.78, 5) is 8.75. The maximum absolute atomic E-state index is 14.1. The Labute approximate surface area is 374 Å². The Kier molecular flexibility index (Phi) is 9.31. The summed E-state index contributed by atoms with van der Waals surface area (Å²) in [5, 5.41) is 2.23. The number of benzene rings is 7. The Balaban J connectivity index is 1.23. The van der Waals surface area contributed by atoms with Crippen LogP contribution in [0.3, 0.4) is 0 Å². The third-order valence-electron chi connectivity index (χ3n) is 12.3. The van der Waals surface area contributed by atoms with Crippen molar-refractivity contribution in [1.29, 1.82) is 0 Å². The minimum Gasteiger partial charge on any atom is -0.309 e. The molecule has 11 rings (SSSR count). The molecule has 7 aromatic carbocycles. The van der Waals surface area contributed by atoms with E-state index >= 15 is 0 Å². The molecule has 0 fully saturated rings. The zero-order valence-corrected chi connectivity index (χ0v) is 34.3. The quantitative estimate of drug-likeness (QED) is 0.130. The number of hydrogen-bond donors (Lipinski definition) is 0. The van der Waals surface area contributed by atoms with E-state index in [2.05, 4.69) is 9.97 Å². The van der Waals surface area contributed by atoms with E-state index in [0.29, 0.717) is 55.2 Å². The second-order valence-electron chi connectivity index (χ2n) is 16.3. The molecule has 338 valence electrons. The third kappa shape index (κ3) is 6.87. The monoisotopic (exact) mass is 934 g/mol. The summed E-state index contributed by atoms with van der Waals surface area (Å²) >= 11 is 0. The molecule has 0 aliphatic carbocycles. The second-order valence-corrected chi connectivity index (χ2v) is 16.3. The van der Waals surface area contributed by atoms with Gasteiger partial charge in [0, 0.05) is 68.8 Å². The minimum absolute atomic E-state index is 0.0510. The number of halogens is 12. The minimum atomic E-state index is -4.79. The molecular weight excluding hydrogens is 909 g/mol. The van der Waals surface area contributed by atoms with Gasteiger partial charge in [-0.1, -0.05) is 24.3 Å². The van der Waals surface area contributed by atoms with Gasteiger partial charge in [0.25, 0.3) is 0 Å². The van der Waals surface area contributed by atoms with Crippen LogP contribution in [0.5, 0.6) is 0 Å². The smallest absolute Gasteiger partial charge is 0.309 e. The van der Waals surface area contributed by atoms with Crippen LogP contribution in [0.4, 0.5) is 52.7 Å². The lowest BCUT2D eigenvalue weighted by atomic mass is 9.86. The Morgan fingerprint density at radius 2 is 0.618 bits per heavy atom. The SMILES string of the molecule is FC(F)(F)c1ccc2c(c1)c1cc(C(F)(F)F)ccc1n2-c1ccc2c(-c3cccnc3)c3cc(-n4c5ccc(C(F)(F)F)cc5c5cc(C(F)(F)F)ccc54)ccc3c(-c3cccnc3)c2c1. The fourth-order valence-corrected chi connectivity index (χ4v) is 9.43. The molecule has 4 nitrogen and oxygen atoms in total. The molecule has 0 saturated heterocycles. The first-order valence-corrected chi connectivity index (χ1v) is 20.6. The van der Waals surface area contributed by atoms with E-state index in [0.717, 1.165) is 48.5 Å². The highest BCUT2D eigenvalue weighted by Gasteiger charge is 2.35. The lowest BCUT2D eigenvalue weighted by Gasteiger charge is -2.20. The number of nitrogens with zero attached hydrogens (tertiary/aromatic N) is 4. The van der Waals surface area contributed by atoms with Crippen LogP contribution in [0.2, 0.25) is 0 Å². The number of aromatic nitrogens is 4. The van der Waals surface area contributed by atoms with Gasteiger partial charge >= 0.3 is 24.7 Å². The van der Waals surface area contributed by atoms with E-state index < -0.39 is 47.0 Å². The van der Waals surface area contributed by atoms with Crippen LogP contribution >= 0.6 is 0 Å². The van der Waals surface area contributed by atoms with E-state index in [1.165, 1.54) is 24.3 Å². The van der Waals surface area contributed by atoms with Crippen molar-refractivity contribution in [2.45, 2.75) is 24.7 Å². The molecule has 68 heavy (non-hydrogen) atoms. The van der Waals surface area contributed by atoms with E-state index in [1.807, 2.05) is 12.1 Å². The van der Waals surface area contributed by atoms with Gasteiger partial charge in [-0.3, -0.25) is 9.97 Å². The van der Waals surface area contributed by atoms with Gasteiger partial charge in [-0.2, -0.15) is 52.7 Å². The van der Waals surface area contributed by atoms with E-state index in [-0.39, 0.29) is 43.6 Å². The molecule has 0 aliphatic rings. The highest BCUT2D eigenvalue weighted by Crippen LogP contribution is 2.48. The summed E-state index contributed by atoms with van der Waals surface area (Å²) in [6.45, 7) is 0.